The molecule has 1 heterocycles. The lowest BCUT2D eigenvalue weighted by molar-refractivity contribution is -0.157. The van der Waals surface area contributed by atoms with Crippen LogP contribution in [0.3, 0.4) is 0 Å². The van der Waals surface area contributed by atoms with E-state index in [2.05, 4.69) is 0 Å². The van der Waals surface area contributed by atoms with Crippen LogP contribution < -0.4 is 0 Å². The highest BCUT2D eigenvalue weighted by Crippen LogP contribution is 2.22. The molecule has 0 saturated carbocycles. The number of amides is 2. The van der Waals surface area contributed by atoms with E-state index in [0.717, 1.165) is 0 Å². The molecule has 1 aliphatic heterocycles. The maximum absolute atomic E-state index is 13.3. The second-order valence-electron chi connectivity index (χ2n) is 6.25. The molecule has 6 nitrogen and oxygen atoms in total. The molecule has 25 heavy (non-hydrogen) atoms. The topological polar surface area (TPSA) is 77.9 Å². The lowest BCUT2D eigenvalue weighted by Crippen LogP contribution is -2.59. The molecule has 2 amide bonds. The van der Waals surface area contributed by atoms with Crippen molar-refractivity contribution in [3.05, 3.63) is 35.6 Å². The van der Waals surface area contributed by atoms with E-state index in [0.29, 0.717) is 24.4 Å². The fraction of sp³-hybridized carbons (Fsp3) is 0.500. The van der Waals surface area contributed by atoms with Gasteiger partial charge in [0.1, 0.15) is 11.9 Å². The van der Waals surface area contributed by atoms with Crippen molar-refractivity contribution in [1.29, 1.82) is 0 Å². The van der Waals surface area contributed by atoms with Crippen molar-refractivity contribution < 1.29 is 23.9 Å². The van der Waals surface area contributed by atoms with Crippen molar-refractivity contribution in [3.8, 4) is 0 Å². The first-order chi connectivity index (χ1) is 11.8. The molecule has 1 atom stereocenters. The third-order valence-electron chi connectivity index (χ3n) is 3.94. The maximum Gasteiger partial charge on any atom is 0.290 e. The van der Waals surface area contributed by atoms with Crippen molar-refractivity contribution >= 4 is 18.3 Å². The SMILES string of the molecule is CCN1CC(=O)N(Cc2cccc(F)c2)[C@@H](CC(C)C)C1=O.O=CO. The first-order valence-corrected chi connectivity index (χ1v) is 8.24. The molecular formula is C18H25FN2O4. The van der Waals surface area contributed by atoms with Gasteiger partial charge in [-0.15, -0.1) is 0 Å². The fourth-order valence-corrected chi connectivity index (χ4v) is 2.82. The predicted octanol–water partition coefficient (Wildman–Crippen LogP) is 2.13. The number of carbonyl (C=O) groups is 3. The number of halogens is 1. The number of rotatable bonds is 5. The molecule has 1 aromatic rings. The first kappa shape index (κ1) is 20.6. The number of hydrogen-bond donors (Lipinski definition) is 1. The van der Waals surface area contributed by atoms with Gasteiger partial charge in [-0.1, -0.05) is 26.0 Å². The monoisotopic (exact) mass is 352 g/mol. The highest BCUT2D eigenvalue weighted by molar-refractivity contribution is 5.94. The Morgan fingerprint density at radius 3 is 2.52 bits per heavy atom. The molecule has 2 rings (SSSR count). The van der Waals surface area contributed by atoms with Crippen LogP contribution in [-0.4, -0.2) is 52.3 Å². The number of benzene rings is 1. The van der Waals surface area contributed by atoms with Crippen molar-refractivity contribution in [2.75, 3.05) is 13.1 Å². The van der Waals surface area contributed by atoms with Crippen LogP contribution >= 0.6 is 0 Å². The Kier molecular flexibility index (Phi) is 8.04. The molecule has 138 valence electrons. The van der Waals surface area contributed by atoms with E-state index in [-0.39, 0.29) is 37.2 Å². The van der Waals surface area contributed by atoms with Gasteiger partial charge < -0.3 is 14.9 Å². The van der Waals surface area contributed by atoms with E-state index in [9.17, 15) is 14.0 Å². The van der Waals surface area contributed by atoms with Gasteiger partial charge in [0.2, 0.25) is 11.8 Å². The average Bonchev–Trinajstić information content (AvgIpc) is 2.54. The van der Waals surface area contributed by atoms with Gasteiger partial charge in [-0.25, -0.2) is 4.39 Å². The van der Waals surface area contributed by atoms with E-state index in [1.54, 1.807) is 21.9 Å². The number of piperazine rings is 1. The minimum absolute atomic E-state index is 0.00722. The summed E-state index contributed by atoms with van der Waals surface area (Å²) in [6.07, 6.45) is 0.621. The van der Waals surface area contributed by atoms with Crippen LogP contribution in [0.2, 0.25) is 0 Å². The van der Waals surface area contributed by atoms with Gasteiger partial charge in [0.05, 0.1) is 6.54 Å². The van der Waals surface area contributed by atoms with E-state index in [4.69, 9.17) is 9.90 Å². The number of carboxylic acid groups (broad SMARTS) is 1. The van der Waals surface area contributed by atoms with E-state index >= 15 is 0 Å². The van der Waals surface area contributed by atoms with Crippen molar-refractivity contribution in [2.45, 2.75) is 39.8 Å². The summed E-state index contributed by atoms with van der Waals surface area (Å²) in [5, 5.41) is 6.89. The molecule has 1 aliphatic rings. The number of likely N-dealkylation sites (N-methyl/N-ethyl adjacent to an activating group) is 1. The molecule has 1 saturated heterocycles. The normalized spacial score (nSPS) is 17.4. The second-order valence-corrected chi connectivity index (χ2v) is 6.25. The molecular weight excluding hydrogens is 327 g/mol. The summed E-state index contributed by atoms with van der Waals surface area (Å²) in [6.45, 7) is 6.61. The Morgan fingerprint density at radius 1 is 1.36 bits per heavy atom. The summed E-state index contributed by atoms with van der Waals surface area (Å²) < 4.78 is 13.3. The highest BCUT2D eigenvalue weighted by Gasteiger charge is 2.38. The third kappa shape index (κ3) is 5.85. The van der Waals surface area contributed by atoms with Crippen LogP contribution in [0.5, 0.6) is 0 Å². The Labute approximate surface area is 147 Å². The third-order valence-corrected chi connectivity index (χ3v) is 3.94. The maximum atomic E-state index is 13.3. The number of nitrogens with zero attached hydrogens (tertiary/aromatic N) is 2. The van der Waals surface area contributed by atoms with Gasteiger partial charge in [0.15, 0.2) is 0 Å². The smallest absolute Gasteiger partial charge is 0.290 e. The molecule has 0 spiro atoms. The van der Waals surface area contributed by atoms with E-state index < -0.39 is 6.04 Å². The fourth-order valence-electron chi connectivity index (χ4n) is 2.82. The second kappa shape index (κ2) is 9.76. The molecule has 1 aromatic carbocycles. The Hall–Kier alpha value is -2.44. The zero-order valence-electron chi connectivity index (χ0n) is 14.8. The molecule has 0 unspecified atom stereocenters. The van der Waals surface area contributed by atoms with Gasteiger partial charge in [-0.05, 0) is 37.0 Å². The molecule has 0 radical (unpaired) electrons. The Bertz CT molecular complexity index is 606. The lowest BCUT2D eigenvalue weighted by Gasteiger charge is -2.40. The zero-order valence-corrected chi connectivity index (χ0v) is 14.8. The molecule has 1 N–H and O–H groups in total. The summed E-state index contributed by atoms with van der Waals surface area (Å²) in [7, 11) is 0. The number of carbonyl (C=O) groups excluding carboxylic acids is 2. The summed E-state index contributed by atoms with van der Waals surface area (Å²) in [5.41, 5.74) is 0.708. The van der Waals surface area contributed by atoms with Crippen LogP contribution in [0, 0.1) is 11.7 Å². The van der Waals surface area contributed by atoms with Crippen LogP contribution in [0.4, 0.5) is 4.39 Å². The van der Waals surface area contributed by atoms with E-state index in [1.165, 1.54) is 12.1 Å². The van der Waals surface area contributed by atoms with Crippen molar-refractivity contribution in [1.82, 2.24) is 9.80 Å². The van der Waals surface area contributed by atoms with E-state index in [1.807, 2.05) is 20.8 Å². The summed E-state index contributed by atoms with van der Waals surface area (Å²) in [5.74, 6) is -0.110. The largest absolute Gasteiger partial charge is 0.483 e. The van der Waals surface area contributed by atoms with Crippen LogP contribution in [-0.2, 0) is 20.9 Å². The Balaban J connectivity index is 0.000000970. The van der Waals surface area contributed by atoms with Gasteiger partial charge in [-0.3, -0.25) is 14.4 Å². The molecule has 7 heteroatoms. The first-order valence-electron chi connectivity index (χ1n) is 8.24. The molecule has 0 aliphatic carbocycles. The summed E-state index contributed by atoms with van der Waals surface area (Å²) in [6, 6.07) is 5.73. The van der Waals surface area contributed by atoms with Crippen molar-refractivity contribution in [2.24, 2.45) is 5.92 Å². The number of hydrogen-bond acceptors (Lipinski definition) is 3. The molecule has 0 aromatic heterocycles. The summed E-state index contributed by atoms with van der Waals surface area (Å²) >= 11 is 0. The highest BCUT2D eigenvalue weighted by atomic mass is 19.1. The van der Waals surface area contributed by atoms with Gasteiger partial charge in [0.25, 0.3) is 6.47 Å². The molecule has 0 bridgehead atoms. The minimum atomic E-state index is -0.454. The van der Waals surface area contributed by atoms with Crippen LogP contribution in [0.1, 0.15) is 32.8 Å². The zero-order chi connectivity index (χ0) is 19.0. The predicted molar refractivity (Wildman–Crippen MR) is 91.1 cm³/mol. The van der Waals surface area contributed by atoms with Gasteiger partial charge in [-0.2, -0.15) is 0 Å². The van der Waals surface area contributed by atoms with Crippen LogP contribution in [0.25, 0.3) is 0 Å². The molecule has 1 fully saturated rings. The lowest BCUT2D eigenvalue weighted by atomic mass is 9.98. The Morgan fingerprint density at radius 2 is 2.00 bits per heavy atom. The standard InChI is InChI=1S/C17H23FN2O2.CH2O2/c1-4-19-11-16(21)20(15(17(19)22)8-12(2)3)10-13-6-5-7-14(18)9-13;2-1-3/h5-7,9,12,15H,4,8,10-11H2,1-3H3;1H,(H,2,3)/t15-;/m0./s1. The summed E-state index contributed by atoms with van der Waals surface area (Å²) in [4.78, 5) is 36.5. The average molecular weight is 352 g/mol. The van der Waals surface area contributed by atoms with Crippen LogP contribution in [0.15, 0.2) is 24.3 Å². The van der Waals surface area contributed by atoms with Crippen molar-refractivity contribution in [3.63, 3.8) is 0 Å². The van der Waals surface area contributed by atoms with Gasteiger partial charge in [0, 0.05) is 13.1 Å². The quantitative estimate of drug-likeness (QED) is 0.824. The van der Waals surface area contributed by atoms with Gasteiger partial charge >= 0.3 is 0 Å². The minimum Gasteiger partial charge on any atom is -0.483 e.